The molecule has 0 fully saturated rings. The van der Waals surface area contributed by atoms with Crippen molar-refractivity contribution in [3.63, 3.8) is 0 Å². The van der Waals surface area contributed by atoms with Crippen LogP contribution in [0.4, 0.5) is 4.79 Å². The first kappa shape index (κ1) is 17.3. The molecule has 0 radical (unpaired) electrons. The zero-order valence-corrected chi connectivity index (χ0v) is 15.5. The largest absolute Gasteiger partial charge is 0.336 e. The van der Waals surface area contributed by atoms with Crippen molar-refractivity contribution in [1.82, 2.24) is 20.4 Å². The highest BCUT2D eigenvalue weighted by atomic mass is 32.1. The van der Waals surface area contributed by atoms with Crippen LogP contribution >= 0.6 is 11.3 Å². The van der Waals surface area contributed by atoms with Gasteiger partial charge in [-0.25, -0.2) is 4.79 Å². The Morgan fingerprint density at radius 2 is 1.96 bits per heavy atom. The van der Waals surface area contributed by atoms with Crippen molar-refractivity contribution in [3.05, 3.63) is 88.9 Å². The van der Waals surface area contributed by atoms with Crippen molar-refractivity contribution in [3.8, 4) is 0 Å². The van der Waals surface area contributed by atoms with Crippen molar-refractivity contribution in [2.24, 2.45) is 0 Å². The minimum atomic E-state index is -0.185. The summed E-state index contributed by atoms with van der Waals surface area (Å²) in [6.07, 6.45) is 3.66. The van der Waals surface area contributed by atoms with Gasteiger partial charge in [0.1, 0.15) is 0 Å². The second-order valence-electron chi connectivity index (χ2n) is 6.26. The van der Waals surface area contributed by atoms with E-state index in [1.165, 1.54) is 5.39 Å². The van der Waals surface area contributed by atoms with Crippen LogP contribution in [0.5, 0.6) is 0 Å². The molecule has 0 aliphatic heterocycles. The summed E-state index contributed by atoms with van der Waals surface area (Å²) in [4.78, 5) is 12.3. The van der Waals surface area contributed by atoms with Crippen LogP contribution in [0, 0.1) is 0 Å². The number of aromatic nitrogens is 2. The molecule has 6 heteroatoms. The molecule has 2 heterocycles. The maximum atomic E-state index is 12.3. The van der Waals surface area contributed by atoms with Crippen LogP contribution < -0.4 is 10.6 Å². The molecule has 0 saturated carbocycles. The third-order valence-corrected chi connectivity index (χ3v) is 5.25. The fourth-order valence-corrected chi connectivity index (χ4v) is 3.87. The Morgan fingerprint density at radius 1 is 1.07 bits per heavy atom. The molecule has 1 atom stereocenters. The van der Waals surface area contributed by atoms with E-state index in [0.717, 1.165) is 16.5 Å². The van der Waals surface area contributed by atoms with Gasteiger partial charge in [-0.05, 0) is 44.8 Å². The van der Waals surface area contributed by atoms with Crippen molar-refractivity contribution in [2.75, 3.05) is 6.54 Å². The smallest absolute Gasteiger partial charge is 0.315 e. The summed E-state index contributed by atoms with van der Waals surface area (Å²) in [6, 6.07) is 18.1. The molecule has 0 aliphatic carbocycles. The van der Waals surface area contributed by atoms with E-state index in [1.807, 2.05) is 46.6 Å². The number of carbonyl (C=O) groups is 1. The number of hydrogen-bond acceptors (Lipinski definition) is 3. The molecule has 0 aliphatic rings. The molecule has 0 unspecified atom stereocenters. The molecule has 2 amide bonds. The Morgan fingerprint density at radius 3 is 2.78 bits per heavy atom. The third-order valence-electron chi connectivity index (χ3n) is 4.55. The second-order valence-corrected chi connectivity index (χ2v) is 7.04. The van der Waals surface area contributed by atoms with Crippen molar-refractivity contribution in [1.29, 1.82) is 0 Å². The van der Waals surface area contributed by atoms with E-state index >= 15 is 0 Å². The summed E-state index contributed by atoms with van der Waals surface area (Å²) in [6.45, 7) is 0.956. The first-order chi connectivity index (χ1) is 13.3. The number of urea groups is 1. The van der Waals surface area contributed by atoms with Gasteiger partial charge >= 0.3 is 6.03 Å². The zero-order valence-electron chi connectivity index (χ0n) is 14.7. The van der Waals surface area contributed by atoms with Gasteiger partial charge in [-0.3, -0.25) is 4.68 Å². The van der Waals surface area contributed by atoms with Gasteiger partial charge in [0.15, 0.2) is 0 Å². The summed E-state index contributed by atoms with van der Waals surface area (Å²) >= 11 is 1.64. The number of rotatable bonds is 6. The van der Waals surface area contributed by atoms with Crippen LogP contribution in [-0.2, 0) is 6.54 Å². The molecular formula is C21H20N4OS. The number of amides is 2. The topological polar surface area (TPSA) is 59.0 Å². The van der Waals surface area contributed by atoms with Gasteiger partial charge < -0.3 is 10.6 Å². The molecule has 2 N–H and O–H groups in total. The first-order valence-electron chi connectivity index (χ1n) is 8.81. The fourth-order valence-electron chi connectivity index (χ4n) is 3.17. The Balaban J connectivity index is 1.39. The van der Waals surface area contributed by atoms with Gasteiger partial charge in [-0.2, -0.15) is 16.4 Å². The normalized spacial score (nSPS) is 12.0. The molecule has 2 aromatic carbocycles. The predicted molar refractivity (Wildman–Crippen MR) is 109 cm³/mol. The highest BCUT2D eigenvalue weighted by Gasteiger charge is 2.15. The van der Waals surface area contributed by atoms with Gasteiger partial charge in [-0.1, -0.05) is 42.5 Å². The molecule has 4 aromatic rings. The van der Waals surface area contributed by atoms with Crippen LogP contribution in [0.25, 0.3) is 10.8 Å². The van der Waals surface area contributed by atoms with Crippen molar-refractivity contribution >= 4 is 28.1 Å². The number of carbonyl (C=O) groups excluding carboxylic acids is 1. The van der Waals surface area contributed by atoms with Gasteiger partial charge in [0.2, 0.25) is 0 Å². The standard InChI is InChI=1S/C21H20N4OS/c26-21(22-13-17-7-3-6-16-5-1-2-8-19(16)17)23-14-20(18-9-12-27-15-18)25-11-4-10-24-25/h1-12,15,20H,13-14H2,(H2,22,23,26)/t20-/m0/s1. The number of thiophene rings is 1. The van der Waals surface area contributed by atoms with Crippen LogP contribution in [-0.4, -0.2) is 22.4 Å². The van der Waals surface area contributed by atoms with Crippen molar-refractivity contribution in [2.45, 2.75) is 12.6 Å². The monoisotopic (exact) mass is 376 g/mol. The molecular weight excluding hydrogens is 356 g/mol. The SMILES string of the molecule is O=C(NCc1cccc2ccccc12)NC[C@@H](c1ccsc1)n1cccn1. The van der Waals surface area contributed by atoms with Crippen LogP contribution in [0.15, 0.2) is 77.8 Å². The Bertz CT molecular complexity index is 972. The lowest BCUT2D eigenvalue weighted by Gasteiger charge is -2.18. The van der Waals surface area contributed by atoms with Gasteiger partial charge in [0.05, 0.1) is 6.04 Å². The highest BCUT2D eigenvalue weighted by Crippen LogP contribution is 2.20. The van der Waals surface area contributed by atoms with E-state index in [0.29, 0.717) is 13.1 Å². The first-order valence-corrected chi connectivity index (χ1v) is 9.75. The lowest BCUT2D eigenvalue weighted by Crippen LogP contribution is -2.38. The van der Waals surface area contributed by atoms with Crippen molar-refractivity contribution < 1.29 is 4.79 Å². The molecule has 0 saturated heterocycles. The average Bonchev–Trinajstić information content (AvgIpc) is 3.41. The number of hydrogen-bond donors (Lipinski definition) is 2. The quantitative estimate of drug-likeness (QED) is 0.530. The van der Waals surface area contributed by atoms with Crippen LogP contribution in [0.3, 0.4) is 0 Å². The Hall–Kier alpha value is -3.12. The lowest BCUT2D eigenvalue weighted by molar-refractivity contribution is 0.239. The number of nitrogens with one attached hydrogen (secondary N) is 2. The average molecular weight is 376 g/mol. The van der Waals surface area contributed by atoms with Gasteiger partial charge in [0, 0.05) is 25.5 Å². The summed E-state index contributed by atoms with van der Waals surface area (Å²) in [5.41, 5.74) is 2.24. The van der Waals surface area contributed by atoms with E-state index in [1.54, 1.807) is 17.5 Å². The Labute approximate surface area is 161 Å². The van der Waals surface area contributed by atoms with E-state index in [4.69, 9.17) is 0 Å². The lowest BCUT2D eigenvalue weighted by atomic mass is 10.0. The number of benzene rings is 2. The molecule has 136 valence electrons. The molecule has 27 heavy (non-hydrogen) atoms. The highest BCUT2D eigenvalue weighted by molar-refractivity contribution is 7.08. The van der Waals surface area contributed by atoms with E-state index < -0.39 is 0 Å². The summed E-state index contributed by atoms with van der Waals surface area (Å²) < 4.78 is 1.87. The Kier molecular flexibility index (Phi) is 5.16. The maximum absolute atomic E-state index is 12.3. The molecule has 5 nitrogen and oxygen atoms in total. The summed E-state index contributed by atoms with van der Waals surface area (Å²) in [5.74, 6) is 0. The summed E-state index contributed by atoms with van der Waals surface area (Å²) in [5, 5.41) is 16.7. The molecule has 0 bridgehead atoms. The summed E-state index contributed by atoms with van der Waals surface area (Å²) in [7, 11) is 0. The van der Waals surface area contributed by atoms with E-state index in [-0.39, 0.29) is 12.1 Å². The minimum absolute atomic E-state index is 0.0189. The number of nitrogens with zero attached hydrogens (tertiary/aromatic N) is 2. The predicted octanol–water partition coefficient (Wildman–Crippen LogP) is 4.19. The van der Waals surface area contributed by atoms with Gasteiger partial charge in [0.25, 0.3) is 0 Å². The fraction of sp³-hybridized carbons (Fsp3) is 0.143. The second kappa shape index (κ2) is 8.05. The van der Waals surface area contributed by atoms with E-state index in [9.17, 15) is 4.79 Å². The number of fused-ring (bicyclic) bond motifs is 1. The van der Waals surface area contributed by atoms with Crippen LogP contribution in [0.2, 0.25) is 0 Å². The van der Waals surface area contributed by atoms with Crippen LogP contribution in [0.1, 0.15) is 17.2 Å². The molecule has 2 aromatic heterocycles. The third kappa shape index (κ3) is 4.01. The molecule has 4 rings (SSSR count). The van der Waals surface area contributed by atoms with Gasteiger partial charge in [-0.15, -0.1) is 0 Å². The minimum Gasteiger partial charge on any atom is -0.336 e. The maximum Gasteiger partial charge on any atom is 0.315 e. The zero-order chi connectivity index (χ0) is 18.5. The molecule has 0 spiro atoms. The van der Waals surface area contributed by atoms with E-state index in [2.05, 4.69) is 45.4 Å².